The van der Waals surface area contributed by atoms with Crippen LogP contribution in [0.1, 0.15) is 12.8 Å². The van der Waals surface area contributed by atoms with Crippen molar-refractivity contribution in [3.8, 4) is 23.1 Å². The highest BCUT2D eigenvalue weighted by Crippen LogP contribution is 2.32. The number of imidazole rings is 1. The van der Waals surface area contributed by atoms with Gasteiger partial charge in [0.05, 0.1) is 25.5 Å². The van der Waals surface area contributed by atoms with E-state index in [9.17, 15) is 0 Å². The quantitative estimate of drug-likeness (QED) is 0.723. The van der Waals surface area contributed by atoms with E-state index in [1.54, 1.807) is 24.0 Å². The van der Waals surface area contributed by atoms with Crippen molar-refractivity contribution >= 4 is 11.3 Å². The number of nitrogens with zero attached hydrogens (tertiary/aromatic N) is 6. The Bertz CT molecular complexity index is 872. The lowest BCUT2D eigenvalue weighted by Crippen LogP contribution is -2.19. The molecule has 8 nitrogen and oxygen atoms in total. The van der Waals surface area contributed by atoms with Crippen LogP contribution in [0.5, 0.6) is 11.9 Å². The summed E-state index contributed by atoms with van der Waals surface area (Å²) in [6.07, 6.45) is 7.66. The van der Waals surface area contributed by atoms with Crippen LogP contribution in [0.15, 0.2) is 24.7 Å². The highest BCUT2D eigenvalue weighted by atomic mass is 16.5. The van der Waals surface area contributed by atoms with Crippen LogP contribution in [0.25, 0.3) is 16.9 Å². The minimum absolute atomic E-state index is 0.263. The van der Waals surface area contributed by atoms with Crippen molar-refractivity contribution in [2.24, 2.45) is 0 Å². The normalized spacial score (nSPS) is 14.3. The molecule has 3 aromatic rings. The standard InChI is InChI=1S/C16H18N6O2/c1-23-15-11(10-18-16(19-15)24-2)12-9-13(21-6-3-4-7-21)14-17-5-8-22(14)20-12/h5,8-10H,3-4,6-7H2,1-2H3. The van der Waals surface area contributed by atoms with Crippen molar-refractivity contribution in [1.82, 2.24) is 24.6 Å². The molecule has 0 unspecified atom stereocenters. The Kier molecular flexibility index (Phi) is 3.64. The van der Waals surface area contributed by atoms with Crippen LogP contribution in [0, 0.1) is 0 Å². The third-order valence-corrected chi connectivity index (χ3v) is 4.17. The molecule has 124 valence electrons. The van der Waals surface area contributed by atoms with Gasteiger partial charge in [-0.1, -0.05) is 0 Å². The Morgan fingerprint density at radius 3 is 2.67 bits per heavy atom. The van der Waals surface area contributed by atoms with Crippen LogP contribution >= 0.6 is 0 Å². The van der Waals surface area contributed by atoms with Gasteiger partial charge < -0.3 is 14.4 Å². The summed E-state index contributed by atoms with van der Waals surface area (Å²) in [7, 11) is 3.10. The van der Waals surface area contributed by atoms with Crippen LogP contribution < -0.4 is 14.4 Å². The van der Waals surface area contributed by atoms with Crippen LogP contribution in [0.2, 0.25) is 0 Å². The van der Waals surface area contributed by atoms with E-state index in [1.165, 1.54) is 20.0 Å². The largest absolute Gasteiger partial charge is 0.480 e. The Hall–Kier alpha value is -2.90. The first-order valence-electron chi connectivity index (χ1n) is 7.85. The first-order chi connectivity index (χ1) is 11.8. The van der Waals surface area contributed by atoms with Crippen LogP contribution in [-0.2, 0) is 0 Å². The lowest BCUT2D eigenvalue weighted by atomic mass is 10.2. The van der Waals surface area contributed by atoms with Crippen molar-refractivity contribution < 1.29 is 9.47 Å². The van der Waals surface area contributed by atoms with E-state index in [0.717, 1.165) is 30.1 Å². The number of rotatable bonds is 4. The summed E-state index contributed by atoms with van der Waals surface area (Å²) in [6.45, 7) is 2.06. The number of hydrogen-bond acceptors (Lipinski definition) is 7. The summed E-state index contributed by atoms with van der Waals surface area (Å²) in [4.78, 5) is 15.2. The molecule has 0 radical (unpaired) electrons. The SMILES string of the molecule is COc1ncc(-c2cc(N3CCCC3)c3nccn3n2)c(OC)n1. The predicted molar refractivity (Wildman–Crippen MR) is 88.6 cm³/mol. The molecule has 0 spiro atoms. The number of methoxy groups -OCH3 is 2. The lowest BCUT2D eigenvalue weighted by Gasteiger charge is -2.19. The van der Waals surface area contributed by atoms with Crippen molar-refractivity contribution in [3.63, 3.8) is 0 Å². The summed E-state index contributed by atoms with van der Waals surface area (Å²) in [5.41, 5.74) is 3.38. The summed E-state index contributed by atoms with van der Waals surface area (Å²) in [6, 6.07) is 2.29. The molecule has 1 aliphatic heterocycles. The molecule has 1 fully saturated rings. The zero-order valence-corrected chi connectivity index (χ0v) is 13.6. The molecule has 1 aliphatic rings. The van der Waals surface area contributed by atoms with Gasteiger partial charge in [-0.2, -0.15) is 10.1 Å². The molecule has 0 aromatic carbocycles. The van der Waals surface area contributed by atoms with E-state index in [4.69, 9.17) is 9.47 Å². The minimum atomic E-state index is 0.263. The molecular weight excluding hydrogens is 308 g/mol. The fourth-order valence-electron chi connectivity index (χ4n) is 3.00. The highest BCUT2D eigenvalue weighted by Gasteiger charge is 2.20. The third-order valence-electron chi connectivity index (χ3n) is 4.17. The summed E-state index contributed by atoms with van der Waals surface area (Å²) >= 11 is 0. The fraction of sp³-hybridized carbons (Fsp3) is 0.375. The topological polar surface area (TPSA) is 77.7 Å². The Balaban J connectivity index is 1.88. The molecule has 4 heterocycles. The number of ether oxygens (including phenoxy) is 2. The number of hydrogen-bond donors (Lipinski definition) is 0. The maximum atomic E-state index is 5.39. The zero-order chi connectivity index (χ0) is 16.5. The molecule has 0 N–H and O–H groups in total. The summed E-state index contributed by atoms with van der Waals surface area (Å²) < 4.78 is 12.2. The summed E-state index contributed by atoms with van der Waals surface area (Å²) in [5.74, 6) is 0.432. The Labute approximate surface area is 139 Å². The zero-order valence-electron chi connectivity index (χ0n) is 13.6. The highest BCUT2D eigenvalue weighted by molar-refractivity contribution is 5.76. The van der Waals surface area contributed by atoms with E-state index in [0.29, 0.717) is 11.4 Å². The second kappa shape index (κ2) is 5.95. The van der Waals surface area contributed by atoms with Gasteiger partial charge in [0.25, 0.3) is 0 Å². The first-order valence-corrected chi connectivity index (χ1v) is 7.85. The van der Waals surface area contributed by atoms with Crippen LogP contribution in [0.3, 0.4) is 0 Å². The molecule has 0 aliphatic carbocycles. The smallest absolute Gasteiger partial charge is 0.319 e. The number of aromatic nitrogens is 5. The van der Waals surface area contributed by atoms with Gasteiger partial charge in [-0.05, 0) is 18.9 Å². The van der Waals surface area contributed by atoms with Crippen molar-refractivity contribution in [2.45, 2.75) is 12.8 Å². The lowest BCUT2D eigenvalue weighted by molar-refractivity contribution is 0.353. The molecule has 0 saturated carbocycles. The van der Waals surface area contributed by atoms with Gasteiger partial charge >= 0.3 is 6.01 Å². The Morgan fingerprint density at radius 1 is 1.08 bits per heavy atom. The van der Waals surface area contributed by atoms with Gasteiger partial charge in [0, 0.05) is 31.7 Å². The molecule has 0 bridgehead atoms. The number of fused-ring (bicyclic) bond motifs is 1. The molecular formula is C16H18N6O2. The summed E-state index contributed by atoms with van der Waals surface area (Å²) in [5, 5.41) is 4.63. The van der Waals surface area contributed by atoms with Gasteiger partial charge in [0.2, 0.25) is 5.88 Å². The first kappa shape index (κ1) is 14.7. The maximum Gasteiger partial charge on any atom is 0.319 e. The third kappa shape index (κ3) is 2.40. The van der Waals surface area contributed by atoms with Crippen molar-refractivity contribution in [2.75, 3.05) is 32.2 Å². The molecule has 1 saturated heterocycles. The van der Waals surface area contributed by atoms with Gasteiger partial charge in [-0.3, -0.25) is 0 Å². The Morgan fingerprint density at radius 2 is 1.92 bits per heavy atom. The second-order valence-corrected chi connectivity index (χ2v) is 5.58. The van der Waals surface area contributed by atoms with E-state index in [-0.39, 0.29) is 6.01 Å². The van der Waals surface area contributed by atoms with Crippen molar-refractivity contribution in [3.05, 3.63) is 24.7 Å². The molecule has 3 aromatic heterocycles. The maximum absolute atomic E-state index is 5.39. The van der Waals surface area contributed by atoms with E-state index < -0.39 is 0 Å². The van der Waals surface area contributed by atoms with Crippen molar-refractivity contribution in [1.29, 1.82) is 0 Å². The predicted octanol–water partition coefficient (Wildman–Crippen LogP) is 1.80. The molecule has 0 atom stereocenters. The number of anilines is 1. The fourth-order valence-corrected chi connectivity index (χ4v) is 3.00. The van der Waals surface area contributed by atoms with E-state index >= 15 is 0 Å². The van der Waals surface area contributed by atoms with E-state index in [1.807, 2.05) is 12.3 Å². The van der Waals surface area contributed by atoms with Crippen LogP contribution in [0.4, 0.5) is 5.69 Å². The monoisotopic (exact) mass is 326 g/mol. The van der Waals surface area contributed by atoms with Gasteiger partial charge in [-0.25, -0.2) is 14.5 Å². The van der Waals surface area contributed by atoms with Gasteiger partial charge in [0.1, 0.15) is 5.69 Å². The molecule has 24 heavy (non-hydrogen) atoms. The van der Waals surface area contributed by atoms with E-state index in [2.05, 4.69) is 25.0 Å². The molecule has 8 heteroatoms. The molecule has 4 rings (SSSR count). The van der Waals surface area contributed by atoms with Gasteiger partial charge in [0.15, 0.2) is 5.65 Å². The van der Waals surface area contributed by atoms with Crippen LogP contribution in [-0.4, -0.2) is 51.9 Å². The van der Waals surface area contributed by atoms with Gasteiger partial charge in [-0.15, -0.1) is 0 Å². The molecule has 0 amide bonds. The average Bonchev–Trinajstić information content (AvgIpc) is 3.31. The minimum Gasteiger partial charge on any atom is -0.480 e. The average molecular weight is 326 g/mol. The second-order valence-electron chi connectivity index (χ2n) is 5.58.